The lowest BCUT2D eigenvalue weighted by atomic mass is 9.89. The van der Waals surface area contributed by atoms with Crippen molar-refractivity contribution in [2.75, 3.05) is 6.61 Å². The van der Waals surface area contributed by atoms with Gasteiger partial charge in [-0.2, -0.15) is 61.5 Å². The van der Waals surface area contributed by atoms with E-state index < -0.39 is 54.5 Å². The Hall–Kier alpha value is -1.58. The summed E-state index contributed by atoms with van der Waals surface area (Å²) in [5.74, 6) is -54.5. The fraction of sp³-hybridized carbons (Fsp3) is 0.818. The van der Waals surface area contributed by atoms with Gasteiger partial charge in [0.05, 0.1) is 6.26 Å². The van der Waals surface area contributed by atoms with Gasteiger partial charge in [0.2, 0.25) is 0 Å². The molecule has 0 heterocycles. The maximum absolute atomic E-state index is 13.2. The molecule has 28 heavy (non-hydrogen) atoms. The zero-order valence-corrected chi connectivity index (χ0v) is 12.5. The average Bonchev–Trinajstić information content (AvgIpc) is 2.51. The van der Waals surface area contributed by atoms with Gasteiger partial charge in [0.1, 0.15) is 0 Å². The molecular formula is C11H6F16O. The van der Waals surface area contributed by atoms with Crippen LogP contribution in [0.3, 0.4) is 0 Å². The summed E-state index contributed by atoms with van der Waals surface area (Å²) in [6.45, 7) is -0.450. The van der Waals surface area contributed by atoms with Gasteiger partial charge >= 0.3 is 47.9 Å². The first-order valence-electron chi connectivity index (χ1n) is 6.16. The van der Waals surface area contributed by atoms with Crippen molar-refractivity contribution < 1.29 is 75.0 Å². The van der Waals surface area contributed by atoms with Gasteiger partial charge < -0.3 is 4.74 Å². The first kappa shape index (κ1) is 26.4. The average molecular weight is 458 g/mol. The van der Waals surface area contributed by atoms with Crippen molar-refractivity contribution in [2.45, 2.75) is 47.9 Å². The molecule has 0 aromatic carbocycles. The molecule has 0 aliphatic carbocycles. The Morgan fingerprint density at radius 3 is 1.25 bits per heavy atom. The Bertz CT molecular complexity index is 565. The fourth-order valence-electron chi connectivity index (χ4n) is 1.42. The monoisotopic (exact) mass is 458 g/mol. The number of rotatable bonds is 10. The maximum atomic E-state index is 13.2. The molecule has 0 N–H and O–H groups in total. The van der Waals surface area contributed by atoms with Crippen molar-refractivity contribution >= 4 is 0 Å². The molecule has 0 aliphatic heterocycles. The van der Waals surface area contributed by atoms with Crippen molar-refractivity contribution in [1.29, 1.82) is 0 Å². The van der Waals surface area contributed by atoms with Gasteiger partial charge in [0.15, 0.2) is 6.61 Å². The minimum absolute atomic E-state index is 0.119. The van der Waals surface area contributed by atoms with Crippen LogP contribution in [0.5, 0.6) is 0 Å². The molecule has 17 heteroatoms. The minimum atomic E-state index is -8.39. The van der Waals surface area contributed by atoms with Gasteiger partial charge in [-0.15, -0.1) is 0 Å². The third-order valence-electron chi connectivity index (χ3n) is 3.11. The standard InChI is InChI=1S/C11H6F16O/c1-2-28-3-5(14,15)7(18,19)9(22,23)11(26,27)10(24,25)8(20,21)6(16,17)4(12)13/h2,4H,1,3H2. The largest absolute Gasteiger partial charge is 0.495 e. The molecule has 0 amide bonds. The van der Waals surface area contributed by atoms with Crippen molar-refractivity contribution in [3.05, 3.63) is 12.8 Å². The van der Waals surface area contributed by atoms with Crippen LogP contribution in [-0.4, -0.2) is 54.5 Å². The maximum Gasteiger partial charge on any atom is 0.385 e. The quantitative estimate of drug-likeness (QED) is 0.295. The molecule has 0 fully saturated rings. The highest BCUT2D eigenvalue weighted by molar-refractivity contribution is 5.14. The normalized spacial score (nSPS) is 15.8. The highest BCUT2D eigenvalue weighted by atomic mass is 19.4. The van der Waals surface area contributed by atoms with E-state index in [4.69, 9.17) is 0 Å². The van der Waals surface area contributed by atoms with Crippen molar-refractivity contribution in [1.82, 2.24) is 0 Å². The SMILES string of the molecule is C=COCC(F)(F)C(F)(F)C(F)(F)C(F)(F)C(F)(F)C(F)(F)C(F)(F)C(F)F. The molecule has 0 atom stereocenters. The Balaban J connectivity index is 6.50. The highest BCUT2D eigenvalue weighted by Crippen LogP contribution is 2.62. The second-order valence-electron chi connectivity index (χ2n) is 4.98. The predicted molar refractivity (Wildman–Crippen MR) is 56.8 cm³/mol. The van der Waals surface area contributed by atoms with Gasteiger partial charge in [0.25, 0.3) is 0 Å². The zero-order valence-electron chi connectivity index (χ0n) is 12.5. The topological polar surface area (TPSA) is 9.23 Å². The molecule has 0 radical (unpaired) electrons. The summed E-state index contributed by atoms with van der Waals surface area (Å²) in [7, 11) is 0. The number of ether oxygens (including phenoxy) is 1. The number of halogens is 16. The van der Waals surface area contributed by atoms with E-state index in [-0.39, 0.29) is 6.26 Å². The molecule has 168 valence electrons. The van der Waals surface area contributed by atoms with Gasteiger partial charge in [-0.1, -0.05) is 6.58 Å². The molecule has 0 unspecified atom stereocenters. The van der Waals surface area contributed by atoms with E-state index in [9.17, 15) is 70.2 Å². The second-order valence-corrected chi connectivity index (χ2v) is 4.98. The lowest BCUT2D eigenvalue weighted by molar-refractivity contribution is -0.447. The van der Waals surface area contributed by atoms with Crippen LogP contribution in [0.15, 0.2) is 12.8 Å². The summed E-state index contributed by atoms with van der Waals surface area (Å²) in [6, 6.07) is 0. The third-order valence-corrected chi connectivity index (χ3v) is 3.11. The summed E-state index contributed by atoms with van der Waals surface area (Å²) >= 11 is 0. The Kier molecular flexibility index (Phi) is 6.64. The molecule has 0 saturated carbocycles. The van der Waals surface area contributed by atoms with E-state index >= 15 is 0 Å². The minimum Gasteiger partial charge on any atom is -0.495 e. The van der Waals surface area contributed by atoms with E-state index in [1.54, 1.807) is 0 Å². The molecule has 0 aromatic heterocycles. The van der Waals surface area contributed by atoms with E-state index in [1.807, 2.05) is 0 Å². The van der Waals surface area contributed by atoms with Crippen LogP contribution in [-0.2, 0) is 4.74 Å². The van der Waals surface area contributed by atoms with Gasteiger partial charge in [-0.25, -0.2) is 8.78 Å². The summed E-state index contributed by atoms with van der Waals surface area (Å²) in [5.41, 5.74) is 0. The predicted octanol–water partition coefficient (Wildman–Crippen LogP) is 5.86. The van der Waals surface area contributed by atoms with Crippen LogP contribution in [0.25, 0.3) is 0 Å². The summed E-state index contributed by atoms with van der Waals surface area (Å²) in [4.78, 5) is 0. The first-order valence-corrected chi connectivity index (χ1v) is 6.16. The molecule has 0 saturated heterocycles. The Morgan fingerprint density at radius 1 is 0.607 bits per heavy atom. The van der Waals surface area contributed by atoms with Crippen LogP contribution < -0.4 is 0 Å². The van der Waals surface area contributed by atoms with Crippen molar-refractivity contribution in [3.8, 4) is 0 Å². The number of alkyl halides is 16. The molecule has 0 bridgehead atoms. The third kappa shape index (κ3) is 3.33. The van der Waals surface area contributed by atoms with Gasteiger partial charge in [-0.05, 0) is 0 Å². The van der Waals surface area contributed by atoms with Crippen LogP contribution >= 0.6 is 0 Å². The number of hydrogen-bond donors (Lipinski definition) is 0. The van der Waals surface area contributed by atoms with Crippen molar-refractivity contribution in [3.63, 3.8) is 0 Å². The molecule has 0 aromatic rings. The van der Waals surface area contributed by atoms with Crippen molar-refractivity contribution in [2.24, 2.45) is 0 Å². The molecular weight excluding hydrogens is 452 g/mol. The summed E-state index contributed by atoms with van der Waals surface area (Å²) < 4.78 is 209. The van der Waals surface area contributed by atoms with Crippen LogP contribution in [0, 0.1) is 0 Å². The molecule has 0 aliphatic rings. The Labute approximate surface area is 143 Å². The first-order chi connectivity index (χ1) is 12.0. The zero-order chi connectivity index (χ0) is 23.2. The smallest absolute Gasteiger partial charge is 0.385 e. The Morgan fingerprint density at radius 2 is 0.929 bits per heavy atom. The van der Waals surface area contributed by atoms with E-state index in [2.05, 4.69) is 11.3 Å². The lowest BCUT2D eigenvalue weighted by Crippen LogP contribution is -2.74. The number of hydrogen-bond acceptors (Lipinski definition) is 1. The summed E-state index contributed by atoms with van der Waals surface area (Å²) in [5, 5.41) is 0. The van der Waals surface area contributed by atoms with Crippen LogP contribution in [0.2, 0.25) is 0 Å². The van der Waals surface area contributed by atoms with Gasteiger partial charge in [-0.3, -0.25) is 0 Å². The fourth-order valence-corrected chi connectivity index (χ4v) is 1.42. The van der Waals surface area contributed by atoms with E-state index in [1.165, 1.54) is 0 Å². The van der Waals surface area contributed by atoms with E-state index in [0.29, 0.717) is 0 Å². The molecule has 0 rings (SSSR count). The molecule has 0 spiro atoms. The second kappa shape index (κ2) is 7.03. The summed E-state index contributed by atoms with van der Waals surface area (Å²) in [6.07, 6.45) is -5.98. The van der Waals surface area contributed by atoms with E-state index in [0.717, 1.165) is 0 Å². The highest BCUT2D eigenvalue weighted by Gasteiger charge is 2.93. The lowest BCUT2D eigenvalue weighted by Gasteiger charge is -2.42. The van der Waals surface area contributed by atoms with Crippen LogP contribution in [0.4, 0.5) is 70.2 Å². The van der Waals surface area contributed by atoms with Gasteiger partial charge in [0, 0.05) is 0 Å². The molecule has 1 nitrogen and oxygen atoms in total. The van der Waals surface area contributed by atoms with Crippen LogP contribution in [0.1, 0.15) is 0 Å².